The number of halogens is 1. The standard InChI is InChI=1S/C11H14FN3O2/c1-14-4-6-15(7-5-14)8-2-3-9(12)13-10(8)11(16)17/h2-3H,4-7H2,1H3,(H,16,17). The number of hydrogen-bond donors (Lipinski definition) is 1. The number of carboxylic acids is 1. The molecule has 1 aliphatic rings. The summed E-state index contributed by atoms with van der Waals surface area (Å²) < 4.78 is 12.9. The van der Waals surface area contributed by atoms with E-state index in [2.05, 4.69) is 9.88 Å². The van der Waals surface area contributed by atoms with Crippen LogP contribution in [-0.4, -0.2) is 54.2 Å². The number of pyridine rings is 1. The fraction of sp³-hybridized carbons (Fsp3) is 0.455. The maximum Gasteiger partial charge on any atom is 0.356 e. The topological polar surface area (TPSA) is 56.7 Å². The summed E-state index contributed by atoms with van der Waals surface area (Å²) in [5, 5.41) is 9.01. The summed E-state index contributed by atoms with van der Waals surface area (Å²) in [5.41, 5.74) is 0.279. The Labute approximate surface area is 98.5 Å². The lowest BCUT2D eigenvalue weighted by atomic mass is 10.2. The molecule has 17 heavy (non-hydrogen) atoms. The summed E-state index contributed by atoms with van der Waals surface area (Å²) >= 11 is 0. The molecular weight excluding hydrogens is 225 g/mol. The molecule has 5 nitrogen and oxygen atoms in total. The van der Waals surface area contributed by atoms with Gasteiger partial charge in [-0.15, -0.1) is 0 Å². The third-order valence-corrected chi connectivity index (χ3v) is 2.89. The molecule has 1 fully saturated rings. The zero-order valence-electron chi connectivity index (χ0n) is 9.56. The molecule has 1 aromatic rings. The van der Waals surface area contributed by atoms with Crippen LogP contribution in [0.25, 0.3) is 0 Å². The molecule has 0 bridgehead atoms. The van der Waals surface area contributed by atoms with Gasteiger partial charge in [0.2, 0.25) is 5.95 Å². The molecular formula is C11H14FN3O2. The molecule has 1 saturated heterocycles. The maximum atomic E-state index is 12.9. The molecule has 2 heterocycles. The van der Waals surface area contributed by atoms with Gasteiger partial charge in [-0.25, -0.2) is 9.78 Å². The van der Waals surface area contributed by atoms with Crippen molar-refractivity contribution in [1.82, 2.24) is 9.88 Å². The van der Waals surface area contributed by atoms with Crippen LogP contribution in [0.2, 0.25) is 0 Å². The van der Waals surface area contributed by atoms with E-state index in [9.17, 15) is 9.18 Å². The Hall–Kier alpha value is -1.69. The van der Waals surface area contributed by atoms with Gasteiger partial charge >= 0.3 is 5.97 Å². The van der Waals surface area contributed by atoms with Gasteiger partial charge in [-0.3, -0.25) is 0 Å². The average molecular weight is 239 g/mol. The molecule has 0 saturated carbocycles. The van der Waals surface area contributed by atoms with Crippen molar-refractivity contribution in [2.75, 3.05) is 38.1 Å². The minimum atomic E-state index is -1.20. The van der Waals surface area contributed by atoms with Gasteiger partial charge in [-0.2, -0.15) is 4.39 Å². The quantitative estimate of drug-likeness (QED) is 0.769. The number of rotatable bonds is 2. The van der Waals surface area contributed by atoms with Crippen LogP contribution in [0, 0.1) is 5.95 Å². The zero-order chi connectivity index (χ0) is 12.4. The zero-order valence-corrected chi connectivity index (χ0v) is 9.56. The minimum absolute atomic E-state index is 0.213. The lowest BCUT2D eigenvalue weighted by Crippen LogP contribution is -2.45. The van der Waals surface area contributed by atoms with E-state index in [0.717, 1.165) is 26.2 Å². The molecule has 1 N–H and O–H groups in total. The second-order valence-corrected chi connectivity index (χ2v) is 4.10. The van der Waals surface area contributed by atoms with E-state index in [1.165, 1.54) is 12.1 Å². The first-order chi connectivity index (χ1) is 8.08. The first kappa shape index (κ1) is 11.8. The SMILES string of the molecule is CN1CCN(c2ccc(F)nc2C(=O)O)CC1. The number of aromatic carboxylic acids is 1. The van der Waals surface area contributed by atoms with Gasteiger partial charge in [-0.05, 0) is 19.2 Å². The van der Waals surface area contributed by atoms with E-state index in [1.54, 1.807) is 0 Å². The largest absolute Gasteiger partial charge is 0.476 e. The van der Waals surface area contributed by atoms with E-state index < -0.39 is 11.9 Å². The molecule has 0 spiro atoms. The Morgan fingerprint density at radius 2 is 2.00 bits per heavy atom. The number of nitrogens with zero attached hydrogens (tertiary/aromatic N) is 3. The van der Waals surface area contributed by atoms with Crippen LogP contribution < -0.4 is 4.90 Å². The van der Waals surface area contributed by atoms with E-state index in [1.807, 2.05) is 11.9 Å². The highest BCUT2D eigenvalue weighted by Crippen LogP contribution is 2.20. The van der Waals surface area contributed by atoms with Crippen molar-refractivity contribution in [2.24, 2.45) is 0 Å². The Bertz CT molecular complexity index is 431. The van der Waals surface area contributed by atoms with Crippen LogP contribution in [0.5, 0.6) is 0 Å². The molecule has 0 unspecified atom stereocenters. The summed E-state index contributed by atoms with van der Waals surface area (Å²) in [6, 6.07) is 2.68. The fourth-order valence-corrected chi connectivity index (χ4v) is 1.89. The van der Waals surface area contributed by atoms with Gasteiger partial charge in [0.1, 0.15) is 0 Å². The average Bonchev–Trinajstić information content (AvgIpc) is 2.30. The number of piperazine rings is 1. The second-order valence-electron chi connectivity index (χ2n) is 4.10. The molecule has 6 heteroatoms. The Morgan fingerprint density at radius 1 is 1.35 bits per heavy atom. The molecule has 2 rings (SSSR count). The van der Waals surface area contributed by atoms with Crippen molar-refractivity contribution in [3.63, 3.8) is 0 Å². The van der Waals surface area contributed by atoms with Gasteiger partial charge in [0.05, 0.1) is 5.69 Å². The first-order valence-corrected chi connectivity index (χ1v) is 5.41. The van der Waals surface area contributed by atoms with Crippen molar-refractivity contribution >= 4 is 11.7 Å². The number of hydrogen-bond acceptors (Lipinski definition) is 4. The van der Waals surface area contributed by atoms with Gasteiger partial charge in [0, 0.05) is 26.2 Å². The lowest BCUT2D eigenvalue weighted by molar-refractivity contribution is 0.0689. The summed E-state index contributed by atoms with van der Waals surface area (Å²) in [6.45, 7) is 3.17. The molecule has 1 aromatic heterocycles. The maximum absolute atomic E-state index is 12.9. The number of likely N-dealkylation sites (N-methyl/N-ethyl adjacent to an activating group) is 1. The molecule has 1 aliphatic heterocycles. The van der Waals surface area contributed by atoms with Crippen LogP contribution in [0.1, 0.15) is 10.5 Å². The molecule has 0 atom stereocenters. The molecule has 0 radical (unpaired) electrons. The first-order valence-electron chi connectivity index (χ1n) is 5.41. The van der Waals surface area contributed by atoms with Gasteiger partial charge in [0.15, 0.2) is 5.69 Å². The minimum Gasteiger partial charge on any atom is -0.476 e. The molecule has 0 aliphatic carbocycles. The Kier molecular flexibility index (Phi) is 3.23. The van der Waals surface area contributed by atoms with Gasteiger partial charge < -0.3 is 14.9 Å². The summed E-state index contributed by atoms with van der Waals surface area (Å²) in [7, 11) is 2.01. The molecule has 0 aromatic carbocycles. The number of carboxylic acid groups (broad SMARTS) is 1. The third-order valence-electron chi connectivity index (χ3n) is 2.89. The highest BCUT2D eigenvalue weighted by Gasteiger charge is 2.21. The van der Waals surface area contributed by atoms with Crippen molar-refractivity contribution in [1.29, 1.82) is 0 Å². The van der Waals surface area contributed by atoms with Crippen molar-refractivity contribution in [3.8, 4) is 0 Å². The van der Waals surface area contributed by atoms with E-state index >= 15 is 0 Å². The predicted molar refractivity (Wildman–Crippen MR) is 60.9 cm³/mol. The molecule has 92 valence electrons. The Morgan fingerprint density at radius 3 is 2.59 bits per heavy atom. The number of anilines is 1. The van der Waals surface area contributed by atoms with Gasteiger partial charge in [-0.1, -0.05) is 0 Å². The second kappa shape index (κ2) is 4.67. The van der Waals surface area contributed by atoms with Crippen molar-refractivity contribution in [3.05, 3.63) is 23.8 Å². The summed E-state index contributed by atoms with van der Waals surface area (Å²) in [4.78, 5) is 18.5. The predicted octanol–water partition coefficient (Wildman–Crippen LogP) is 0.671. The van der Waals surface area contributed by atoms with Crippen LogP contribution in [-0.2, 0) is 0 Å². The van der Waals surface area contributed by atoms with Crippen molar-refractivity contribution in [2.45, 2.75) is 0 Å². The summed E-state index contributed by atoms with van der Waals surface area (Å²) in [6.07, 6.45) is 0. The number of carbonyl (C=O) groups is 1. The lowest BCUT2D eigenvalue weighted by Gasteiger charge is -2.34. The smallest absolute Gasteiger partial charge is 0.356 e. The van der Waals surface area contributed by atoms with E-state index in [4.69, 9.17) is 5.11 Å². The van der Waals surface area contributed by atoms with Crippen LogP contribution >= 0.6 is 0 Å². The van der Waals surface area contributed by atoms with Crippen LogP contribution in [0.15, 0.2) is 12.1 Å². The van der Waals surface area contributed by atoms with Crippen LogP contribution in [0.3, 0.4) is 0 Å². The number of aromatic nitrogens is 1. The van der Waals surface area contributed by atoms with E-state index in [0.29, 0.717) is 5.69 Å². The third kappa shape index (κ3) is 2.52. The molecule has 0 amide bonds. The van der Waals surface area contributed by atoms with Crippen LogP contribution in [0.4, 0.5) is 10.1 Å². The van der Waals surface area contributed by atoms with E-state index in [-0.39, 0.29) is 5.69 Å². The van der Waals surface area contributed by atoms with Gasteiger partial charge in [0.25, 0.3) is 0 Å². The van der Waals surface area contributed by atoms with Crippen molar-refractivity contribution < 1.29 is 14.3 Å². The summed E-state index contributed by atoms with van der Waals surface area (Å²) in [5.74, 6) is -1.96. The monoisotopic (exact) mass is 239 g/mol. The fourth-order valence-electron chi connectivity index (χ4n) is 1.89. The highest BCUT2D eigenvalue weighted by molar-refractivity contribution is 5.92. The normalized spacial score (nSPS) is 17.2. The highest BCUT2D eigenvalue weighted by atomic mass is 19.1. The Balaban J connectivity index is 2.28.